The van der Waals surface area contributed by atoms with Gasteiger partial charge in [0.2, 0.25) is 0 Å². The maximum atomic E-state index is 13.2. The number of benzene rings is 2. The highest BCUT2D eigenvalue weighted by atomic mass is 79.9. The zero-order chi connectivity index (χ0) is 11.8. The van der Waals surface area contributed by atoms with E-state index in [-0.39, 0.29) is 22.8 Å². The Morgan fingerprint density at radius 2 is 1.83 bits per heavy atom. The molecule has 4 heteroatoms. The van der Waals surface area contributed by atoms with Crippen molar-refractivity contribution < 1.29 is 4.39 Å². The second-order valence-corrected chi connectivity index (χ2v) is 4.07. The zero-order valence-electron chi connectivity index (χ0n) is 9.56. The quantitative estimate of drug-likeness (QED) is 0.853. The van der Waals surface area contributed by atoms with Gasteiger partial charge in [-0.2, -0.15) is 0 Å². The molecule has 3 rings (SSSR count). The van der Waals surface area contributed by atoms with Crippen molar-refractivity contribution in [3.8, 4) is 0 Å². The van der Waals surface area contributed by atoms with Gasteiger partial charge in [0, 0.05) is 11.3 Å². The van der Waals surface area contributed by atoms with Gasteiger partial charge in [-0.25, -0.2) is 4.39 Å². The molecule has 0 amide bonds. The molecule has 2 nitrogen and oxygen atoms in total. The lowest BCUT2D eigenvalue weighted by molar-refractivity contribution is 0.627. The second kappa shape index (κ2) is 4.90. The summed E-state index contributed by atoms with van der Waals surface area (Å²) in [6.07, 6.45) is 0. The summed E-state index contributed by atoms with van der Waals surface area (Å²) in [4.78, 5) is 1.81. The summed E-state index contributed by atoms with van der Waals surface area (Å²) in [6, 6.07) is 14.2. The monoisotopic (exact) mass is 306 g/mol. The Balaban J connectivity index is 0.00000120. The topological polar surface area (TPSA) is 27.1 Å². The van der Waals surface area contributed by atoms with Crippen LogP contribution in [0.1, 0.15) is 11.1 Å². The van der Waals surface area contributed by atoms with E-state index in [1.807, 2.05) is 35.2 Å². The Kier molecular flexibility index (Phi) is 3.48. The standard InChI is InChI=1S/C14H11FN2.BrH/c15-11-5-3-6-12(8-11)17-9-10-4-1-2-7-13(10)14(17)16;/h1-8,16H,9H2;1H. The lowest BCUT2D eigenvalue weighted by Gasteiger charge is -2.17. The SMILES string of the molecule is Br.N=C1c2ccccc2CN1c1cccc(F)c1. The highest BCUT2D eigenvalue weighted by Gasteiger charge is 2.24. The number of anilines is 1. The Labute approximate surface area is 115 Å². The summed E-state index contributed by atoms with van der Waals surface area (Å²) >= 11 is 0. The number of amidine groups is 1. The van der Waals surface area contributed by atoms with E-state index in [9.17, 15) is 4.39 Å². The van der Waals surface area contributed by atoms with Crippen molar-refractivity contribution in [2.75, 3.05) is 4.90 Å². The lowest BCUT2D eigenvalue weighted by Crippen LogP contribution is -2.23. The highest BCUT2D eigenvalue weighted by Crippen LogP contribution is 2.28. The Bertz CT molecular complexity index is 598. The molecular weight excluding hydrogens is 295 g/mol. The molecule has 2 aromatic rings. The van der Waals surface area contributed by atoms with Crippen LogP contribution in [0.15, 0.2) is 48.5 Å². The second-order valence-electron chi connectivity index (χ2n) is 4.07. The van der Waals surface area contributed by atoms with Gasteiger partial charge in [0.15, 0.2) is 0 Å². The van der Waals surface area contributed by atoms with Crippen LogP contribution in [0.5, 0.6) is 0 Å². The highest BCUT2D eigenvalue weighted by molar-refractivity contribution is 8.93. The Hall–Kier alpha value is -1.68. The number of fused-ring (bicyclic) bond motifs is 1. The van der Waals surface area contributed by atoms with Gasteiger partial charge in [-0.1, -0.05) is 30.3 Å². The van der Waals surface area contributed by atoms with E-state index >= 15 is 0 Å². The molecule has 0 atom stereocenters. The smallest absolute Gasteiger partial charge is 0.133 e. The summed E-state index contributed by atoms with van der Waals surface area (Å²) in [5.41, 5.74) is 2.77. The Morgan fingerprint density at radius 1 is 1.06 bits per heavy atom. The molecule has 1 heterocycles. The van der Waals surface area contributed by atoms with E-state index in [2.05, 4.69) is 0 Å². The summed E-state index contributed by atoms with van der Waals surface area (Å²) in [7, 11) is 0. The average molecular weight is 307 g/mol. The van der Waals surface area contributed by atoms with Crippen molar-refractivity contribution in [1.82, 2.24) is 0 Å². The van der Waals surface area contributed by atoms with Crippen molar-refractivity contribution in [2.45, 2.75) is 6.54 Å². The van der Waals surface area contributed by atoms with E-state index in [4.69, 9.17) is 5.41 Å². The summed E-state index contributed by atoms with van der Waals surface area (Å²) in [6.45, 7) is 0.637. The third-order valence-electron chi connectivity index (χ3n) is 2.99. The van der Waals surface area contributed by atoms with Gasteiger partial charge < -0.3 is 4.90 Å². The van der Waals surface area contributed by atoms with Crippen LogP contribution in [0.25, 0.3) is 0 Å². The molecule has 0 radical (unpaired) electrons. The lowest BCUT2D eigenvalue weighted by atomic mass is 10.1. The predicted molar refractivity (Wildman–Crippen MR) is 76.2 cm³/mol. The average Bonchev–Trinajstić information content (AvgIpc) is 2.68. The third kappa shape index (κ3) is 2.04. The minimum atomic E-state index is -0.272. The molecular formula is C14H12BrFN2. The molecule has 2 aromatic carbocycles. The van der Waals surface area contributed by atoms with E-state index in [0.29, 0.717) is 12.4 Å². The number of hydrogen-bond acceptors (Lipinski definition) is 1. The maximum Gasteiger partial charge on any atom is 0.133 e. The molecule has 0 fully saturated rings. The van der Waals surface area contributed by atoms with Crippen molar-refractivity contribution in [3.05, 3.63) is 65.5 Å². The van der Waals surface area contributed by atoms with Gasteiger partial charge >= 0.3 is 0 Å². The van der Waals surface area contributed by atoms with Crippen molar-refractivity contribution >= 4 is 28.5 Å². The van der Waals surface area contributed by atoms with E-state index in [1.165, 1.54) is 12.1 Å². The fourth-order valence-electron chi connectivity index (χ4n) is 2.15. The summed E-state index contributed by atoms with van der Waals surface area (Å²) in [5, 5.41) is 8.10. The van der Waals surface area contributed by atoms with Crippen LogP contribution >= 0.6 is 17.0 Å². The van der Waals surface area contributed by atoms with Crippen LogP contribution in [-0.2, 0) is 6.54 Å². The molecule has 18 heavy (non-hydrogen) atoms. The first-order chi connectivity index (χ1) is 8.25. The Morgan fingerprint density at radius 3 is 2.56 bits per heavy atom. The van der Waals surface area contributed by atoms with Gasteiger partial charge in [-0.3, -0.25) is 5.41 Å². The zero-order valence-corrected chi connectivity index (χ0v) is 11.3. The molecule has 0 aromatic heterocycles. The number of nitrogens with zero attached hydrogens (tertiary/aromatic N) is 1. The van der Waals surface area contributed by atoms with Gasteiger partial charge in [0.05, 0.1) is 6.54 Å². The first kappa shape index (κ1) is 12.8. The van der Waals surface area contributed by atoms with E-state index in [1.54, 1.807) is 6.07 Å². The van der Waals surface area contributed by atoms with Gasteiger partial charge in [-0.15, -0.1) is 17.0 Å². The molecule has 0 saturated heterocycles. The van der Waals surface area contributed by atoms with Crippen LogP contribution < -0.4 is 4.90 Å². The molecule has 1 N–H and O–H groups in total. The minimum Gasteiger partial charge on any atom is -0.322 e. The van der Waals surface area contributed by atoms with Gasteiger partial charge in [-0.05, 0) is 23.8 Å². The number of rotatable bonds is 1. The van der Waals surface area contributed by atoms with Gasteiger partial charge in [0.25, 0.3) is 0 Å². The van der Waals surface area contributed by atoms with Crippen LogP contribution in [-0.4, -0.2) is 5.84 Å². The largest absolute Gasteiger partial charge is 0.322 e. The molecule has 0 aliphatic carbocycles. The van der Waals surface area contributed by atoms with Crippen molar-refractivity contribution in [3.63, 3.8) is 0 Å². The van der Waals surface area contributed by atoms with Crippen LogP contribution in [0.3, 0.4) is 0 Å². The molecule has 0 unspecified atom stereocenters. The number of nitrogens with one attached hydrogen (secondary N) is 1. The minimum absolute atomic E-state index is 0. The molecule has 1 aliphatic rings. The van der Waals surface area contributed by atoms with Crippen molar-refractivity contribution in [1.29, 1.82) is 5.41 Å². The van der Waals surface area contributed by atoms with E-state index in [0.717, 1.165) is 16.8 Å². The molecule has 1 aliphatic heterocycles. The van der Waals surface area contributed by atoms with E-state index < -0.39 is 0 Å². The maximum absolute atomic E-state index is 13.2. The molecule has 0 spiro atoms. The fourth-order valence-corrected chi connectivity index (χ4v) is 2.15. The molecule has 0 bridgehead atoms. The predicted octanol–water partition coefficient (Wildman–Crippen LogP) is 3.75. The van der Waals surface area contributed by atoms with Crippen LogP contribution in [0.4, 0.5) is 10.1 Å². The molecule has 92 valence electrons. The number of hydrogen-bond donors (Lipinski definition) is 1. The van der Waals surface area contributed by atoms with Crippen LogP contribution in [0, 0.1) is 11.2 Å². The number of halogens is 2. The molecule has 0 saturated carbocycles. The summed E-state index contributed by atoms with van der Waals surface area (Å²) < 4.78 is 13.2. The third-order valence-corrected chi connectivity index (χ3v) is 2.99. The normalized spacial score (nSPS) is 13.2. The van der Waals surface area contributed by atoms with Crippen LogP contribution in [0.2, 0.25) is 0 Å². The first-order valence-electron chi connectivity index (χ1n) is 5.45. The summed E-state index contributed by atoms with van der Waals surface area (Å²) in [5.74, 6) is 0.164. The fraction of sp³-hybridized carbons (Fsp3) is 0.0714. The van der Waals surface area contributed by atoms with Gasteiger partial charge in [0.1, 0.15) is 11.7 Å². The van der Waals surface area contributed by atoms with Crippen molar-refractivity contribution in [2.24, 2.45) is 0 Å². The first-order valence-corrected chi connectivity index (χ1v) is 5.45.